The number of benzene rings is 2. The number of carbonyl (C=O) groups is 1. The summed E-state index contributed by atoms with van der Waals surface area (Å²) in [7, 11) is 0. The first kappa shape index (κ1) is 18.1. The molecule has 0 bridgehead atoms. The predicted molar refractivity (Wildman–Crippen MR) is 95.2 cm³/mol. The fraction of sp³-hybridized carbons (Fsp3) is 0.105. The third-order valence-corrected chi connectivity index (χ3v) is 3.69. The van der Waals surface area contributed by atoms with Gasteiger partial charge in [0, 0.05) is 6.07 Å². The molecular formula is C19H15FN2O5. The molecule has 0 atom stereocenters. The Hall–Kier alpha value is -3.68. The quantitative estimate of drug-likeness (QED) is 0.510. The van der Waals surface area contributed by atoms with E-state index in [1.54, 1.807) is 19.1 Å². The van der Waals surface area contributed by atoms with Crippen LogP contribution in [0.5, 0.6) is 5.75 Å². The van der Waals surface area contributed by atoms with E-state index in [0.29, 0.717) is 5.76 Å². The van der Waals surface area contributed by atoms with Crippen LogP contribution >= 0.6 is 0 Å². The fourth-order valence-electron chi connectivity index (χ4n) is 2.38. The minimum absolute atomic E-state index is 0.0305. The molecule has 0 aliphatic rings. The van der Waals surface area contributed by atoms with Crippen LogP contribution in [0.3, 0.4) is 0 Å². The van der Waals surface area contributed by atoms with Crippen molar-refractivity contribution in [2.75, 3.05) is 5.32 Å². The van der Waals surface area contributed by atoms with Crippen molar-refractivity contribution >= 4 is 17.3 Å². The first-order valence-corrected chi connectivity index (χ1v) is 7.96. The number of nitrogens with zero attached hydrogens (tertiary/aromatic N) is 1. The SMILES string of the molecule is Cc1ccc(F)c(NC(=O)c2ccc(COc3ccccc3[N+](=O)[O-])o2)c1. The first-order valence-electron chi connectivity index (χ1n) is 7.96. The molecule has 0 unspecified atom stereocenters. The highest BCUT2D eigenvalue weighted by molar-refractivity contribution is 6.02. The molecule has 0 saturated carbocycles. The second-order valence-corrected chi connectivity index (χ2v) is 5.72. The number of carbonyl (C=O) groups excluding carboxylic acids is 1. The van der Waals surface area contributed by atoms with E-state index in [0.717, 1.165) is 5.56 Å². The van der Waals surface area contributed by atoms with Gasteiger partial charge in [-0.05, 0) is 42.8 Å². The van der Waals surface area contributed by atoms with Crippen molar-refractivity contribution in [1.29, 1.82) is 0 Å². The molecule has 1 N–H and O–H groups in total. The van der Waals surface area contributed by atoms with Crippen LogP contribution in [-0.4, -0.2) is 10.8 Å². The lowest BCUT2D eigenvalue weighted by Gasteiger charge is -2.06. The monoisotopic (exact) mass is 370 g/mol. The second-order valence-electron chi connectivity index (χ2n) is 5.72. The molecule has 1 amide bonds. The average Bonchev–Trinajstić information content (AvgIpc) is 3.12. The summed E-state index contributed by atoms with van der Waals surface area (Å²) in [5, 5.41) is 13.4. The van der Waals surface area contributed by atoms with Gasteiger partial charge in [-0.15, -0.1) is 0 Å². The minimum atomic E-state index is -0.614. The Labute approximate surface area is 153 Å². The number of hydrogen-bond acceptors (Lipinski definition) is 5. The Morgan fingerprint density at radius 1 is 1.22 bits per heavy atom. The van der Waals surface area contributed by atoms with Crippen molar-refractivity contribution in [3.05, 3.63) is 87.6 Å². The number of nitrogens with one attached hydrogen (secondary N) is 1. The van der Waals surface area contributed by atoms with Crippen LogP contribution < -0.4 is 10.1 Å². The number of furan rings is 1. The number of halogens is 1. The maximum atomic E-state index is 13.7. The lowest BCUT2D eigenvalue weighted by Crippen LogP contribution is -2.12. The summed E-state index contributed by atoms with van der Waals surface area (Å²) in [5.41, 5.74) is 0.677. The number of ether oxygens (including phenoxy) is 1. The maximum absolute atomic E-state index is 13.7. The zero-order chi connectivity index (χ0) is 19.4. The Balaban J connectivity index is 1.67. The van der Waals surface area contributed by atoms with Gasteiger partial charge < -0.3 is 14.5 Å². The Bertz CT molecular complexity index is 999. The standard InChI is InChI=1S/C19H15FN2O5/c1-12-6-8-14(20)15(10-12)21-19(23)18-9-7-13(27-18)11-26-17-5-3-2-4-16(17)22(24)25/h2-10H,11H2,1H3,(H,21,23). The minimum Gasteiger partial charge on any atom is -0.479 e. The van der Waals surface area contributed by atoms with E-state index < -0.39 is 16.6 Å². The van der Waals surface area contributed by atoms with Gasteiger partial charge in [-0.25, -0.2) is 4.39 Å². The molecule has 27 heavy (non-hydrogen) atoms. The number of aryl methyl sites for hydroxylation is 1. The van der Waals surface area contributed by atoms with Gasteiger partial charge in [0.1, 0.15) is 18.2 Å². The van der Waals surface area contributed by atoms with Crippen molar-refractivity contribution in [3.8, 4) is 5.75 Å². The summed E-state index contributed by atoms with van der Waals surface area (Å²) < 4.78 is 24.5. The molecule has 8 heteroatoms. The average molecular weight is 370 g/mol. The number of amides is 1. The lowest BCUT2D eigenvalue weighted by atomic mass is 10.2. The van der Waals surface area contributed by atoms with Crippen LogP contribution in [0.15, 0.2) is 59.0 Å². The lowest BCUT2D eigenvalue weighted by molar-refractivity contribution is -0.386. The number of rotatable bonds is 6. The summed E-state index contributed by atoms with van der Waals surface area (Å²) in [6.45, 7) is 1.68. The molecular weight excluding hydrogens is 355 g/mol. The van der Waals surface area contributed by atoms with E-state index >= 15 is 0 Å². The molecule has 7 nitrogen and oxygen atoms in total. The molecule has 1 heterocycles. The summed E-state index contributed by atoms with van der Waals surface area (Å²) in [5.74, 6) is -0.816. The van der Waals surface area contributed by atoms with Crippen LogP contribution in [-0.2, 0) is 6.61 Å². The predicted octanol–water partition coefficient (Wildman–Crippen LogP) is 4.47. The van der Waals surface area contributed by atoms with Gasteiger partial charge in [-0.3, -0.25) is 14.9 Å². The highest BCUT2D eigenvalue weighted by Gasteiger charge is 2.16. The van der Waals surface area contributed by atoms with E-state index in [2.05, 4.69) is 5.32 Å². The normalized spacial score (nSPS) is 10.4. The zero-order valence-corrected chi connectivity index (χ0v) is 14.3. The van der Waals surface area contributed by atoms with Gasteiger partial charge in [-0.1, -0.05) is 18.2 Å². The number of hydrogen-bond donors (Lipinski definition) is 1. The number of para-hydroxylation sites is 2. The van der Waals surface area contributed by atoms with Crippen molar-refractivity contribution in [3.63, 3.8) is 0 Å². The van der Waals surface area contributed by atoms with E-state index in [1.165, 1.54) is 42.5 Å². The van der Waals surface area contributed by atoms with Crippen molar-refractivity contribution < 1.29 is 23.3 Å². The maximum Gasteiger partial charge on any atom is 0.310 e. The number of nitro groups is 1. The Morgan fingerprint density at radius 2 is 2.00 bits per heavy atom. The highest BCUT2D eigenvalue weighted by atomic mass is 19.1. The molecule has 0 aliphatic carbocycles. The molecule has 1 aromatic heterocycles. The van der Waals surface area contributed by atoms with Crippen LogP contribution in [0.25, 0.3) is 0 Å². The van der Waals surface area contributed by atoms with Crippen LogP contribution in [0.1, 0.15) is 21.9 Å². The molecule has 0 saturated heterocycles. The van der Waals surface area contributed by atoms with Crippen LogP contribution in [0.4, 0.5) is 15.8 Å². The highest BCUT2D eigenvalue weighted by Crippen LogP contribution is 2.27. The molecule has 2 aromatic carbocycles. The van der Waals surface area contributed by atoms with Crippen molar-refractivity contribution in [1.82, 2.24) is 0 Å². The third-order valence-electron chi connectivity index (χ3n) is 3.69. The summed E-state index contributed by atoms with van der Waals surface area (Å²) >= 11 is 0. The first-order chi connectivity index (χ1) is 12.9. The van der Waals surface area contributed by atoms with E-state index in [1.807, 2.05) is 0 Å². The van der Waals surface area contributed by atoms with E-state index in [-0.39, 0.29) is 29.5 Å². The summed E-state index contributed by atoms with van der Waals surface area (Å²) in [6.07, 6.45) is 0. The van der Waals surface area contributed by atoms with Gasteiger partial charge in [0.2, 0.25) is 0 Å². The molecule has 0 aliphatic heterocycles. The topological polar surface area (TPSA) is 94.6 Å². The van der Waals surface area contributed by atoms with Gasteiger partial charge in [-0.2, -0.15) is 0 Å². The van der Waals surface area contributed by atoms with Crippen LogP contribution in [0, 0.1) is 22.9 Å². The van der Waals surface area contributed by atoms with Gasteiger partial charge >= 0.3 is 5.69 Å². The smallest absolute Gasteiger partial charge is 0.310 e. The number of nitro benzene ring substituents is 1. The largest absolute Gasteiger partial charge is 0.479 e. The van der Waals surface area contributed by atoms with E-state index in [4.69, 9.17) is 9.15 Å². The second kappa shape index (κ2) is 7.69. The third kappa shape index (κ3) is 4.30. The van der Waals surface area contributed by atoms with Gasteiger partial charge in [0.15, 0.2) is 11.5 Å². The van der Waals surface area contributed by atoms with Gasteiger partial charge in [0.05, 0.1) is 10.6 Å². The summed E-state index contributed by atoms with van der Waals surface area (Å²) in [4.78, 5) is 22.6. The van der Waals surface area contributed by atoms with E-state index in [9.17, 15) is 19.3 Å². The fourth-order valence-corrected chi connectivity index (χ4v) is 2.38. The van der Waals surface area contributed by atoms with Crippen molar-refractivity contribution in [2.45, 2.75) is 13.5 Å². The number of anilines is 1. The molecule has 3 rings (SSSR count). The molecule has 138 valence electrons. The van der Waals surface area contributed by atoms with Gasteiger partial charge in [0.25, 0.3) is 5.91 Å². The molecule has 0 radical (unpaired) electrons. The molecule has 0 fully saturated rings. The van der Waals surface area contributed by atoms with Crippen LogP contribution in [0.2, 0.25) is 0 Å². The Kier molecular flexibility index (Phi) is 5.16. The summed E-state index contributed by atoms with van der Waals surface area (Å²) in [6, 6.07) is 13.2. The Morgan fingerprint density at radius 3 is 2.78 bits per heavy atom. The zero-order valence-electron chi connectivity index (χ0n) is 14.3. The molecule has 0 spiro atoms. The van der Waals surface area contributed by atoms with Crippen molar-refractivity contribution in [2.24, 2.45) is 0 Å². The molecule has 3 aromatic rings.